The predicted octanol–water partition coefficient (Wildman–Crippen LogP) is 3.98. The zero-order valence-corrected chi connectivity index (χ0v) is 11.9. The highest BCUT2D eigenvalue weighted by Crippen LogP contribution is 2.29. The topological polar surface area (TPSA) is 46.3 Å². The third kappa shape index (κ3) is 2.41. The van der Waals surface area contributed by atoms with Crippen LogP contribution in [-0.2, 0) is 0 Å². The maximum absolute atomic E-state index is 10.3. The van der Waals surface area contributed by atoms with Gasteiger partial charge < -0.3 is 9.52 Å². The quantitative estimate of drug-likeness (QED) is 0.777. The third-order valence-electron chi connectivity index (χ3n) is 3.00. The fraction of sp³-hybridized carbons (Fsp3) is 0.133. The molecular formula is C15H12BrNO2. The molecule has 19 heavy (non-hydrogen) atoms. The van der Waals surface area contributed by atoms with Crippen molar-refractivity contribution in [2.75, 3.05) is 0 Å². The third-order valence-corrected chi connectivity index (χ3v) is 3.44. The number of aliphatic hydroxyl groups is 1. The van der Waals surface area contributed by atoms with Crippen LogP contribution in [0.3, 0.4) is 0 Å². The molecule has 0 saturated heterocycles. The van der Waals surface area contributed by atoms with Gasteiger partial charge in [0.15, 0.2) is 0 Å². The first-order valence-corrected chi connectivity index (χ1v) is 6.71. The zero-order chi connectivity index (χ0) is 13.4. The summed E-state index contributed by atoms with van der Waals surface area (Å²) in [5, 5.41) is 11.3. The minimum atomic E-state index is -0.808. The average Bonchev–Trinajstić information content (AvgIpc) is 2.80. The van der Waals surface area contributed by atoms with Crippen molar-refractivity contribution in [3.8, 4) is 0 Å². The second-order valence-electron chi connectivity index (χ2n) is 4.53. The highest BCUT2D eigenvalue weighted by molar-refractivity contribution is 9.10. The van der Waals surface area contributed by atoms with Gasteiger partial charge in [-0.15, -0.1) is 0 Å². The minimum absolute atomic E-state index is 0.528. The van der Waals surface area contributed by atoms with E-state index in [2.05, 4.69) is 20.9 Å². The van der Waals surface area contributed by atoms with Crippen LogP contribution in [0.25, 0.3) is 11.0 Å². The Morgan fingerprint density at radius 1 is 1.21 bits per heavy atom. The van der Waals surface area contributed by atoms with Crippen molar-refractivity contribution in [1.82, 2.24) is 4.98 Å². The molecule has 4 heteroatoms. The molecule has 2 heterocycles. The number of hydrogen-bond acceptors (Lipinski definition) is 3. The first-order chi connectivity index (χ1) is 9.13. The van der Waals surface area contributed by atoms with E-state index in [4.69, 9.17) is 4.42 Å². The number of furan rings is 1. The molecule has 3 rings (SSSR count). The minimum Gasteiger partial charge on any atom is -0.458 e. The Morgan fingerprint density at radius 3 is 2.84 bits per heavy atom. The zero-order valence-electron chi connectivity index (χ0n) is 10.3. The Bertz CT molecular complexity index is 736. The van der Waals surface area contributed by atoms with E-state index in [0.29, 0.717) is 11.3 Å². The van der Waals surface area contributed by atoms with E-state index < -0.39 is 6.10 Å². The summed E-state index contributed by atoms with van der Waals surface area (Å²) >= 11 is 3.34. The molecule has 0 aliphatic carbocycles. The lowest BCUT2D eigenvalue weighted by Gasteiger charge is -2.07. The summed E-state index contributed by atoms with van der Waals surface area (Å²) in [6.07, 6.45) is 2.50. The van der Waals surface area contributed by atoms with E-state index in [-0.39, 0.29) is 0 Å². The summed E-state index contributed by atoms with van der Waals surface area (Å²) in [5.41, 5.74) is 2.64. The summed E-state index contributed by atoms with van der Waals surface area (Å²) in [6, 6.07) is 9.64. The van der Waals surface area contributed by atoms with Gasteiger partial charge in [-0.1, -0.05) is 11.6 Å². The SMILES string of the molecule is Cc1ccc2oc(C(O)c3cncc(Br)c3)cc2c1. The number of rotatable bonds is 2. The number of aromatic nitrogens is 1. The number of nitrogens with zero attached hydrogens (tertiary/aromatic N) is 1. The summed E-state index contributed by atoms with van der Waals surface area (Å²) in [7, 11) is 0. The van der Waals surface area contributed by atoms with Crippen LogP contribution in [0.4, 0.5) is 0 Å². The van der Waals surface area contributed by atoms with Crippen molar-refractivity contribution in [1.29, 1.82) is 0 Å². The van der Waals surface area contributed by atoms with Crippen molar-refractivity contribution < 1.29 is 9.52 Å². The average molecular weight is 318 g/mol. The van der Waals surface area contributed by atoms with E-state index in [1.54, 1.807) is 12.4 Å². The molecule has 3 nitrogen and oxygen atoms in total. The Balaban J connectivity index is 2.04. The lowest BCUT2D eigenvalue weighted by Crippen LogP contribution is -1.98. The molecule has 1 aromatic carbocycles. The molecular weight excluding hydrogens is 306 g/mol. The fourth-order valence-corrected chi connectivity index (χ4v) is 2.44. The molecule has 0 aliphatic heterocycles. The van der Waals surface area contributed by atoms with E-state index in [1.807, 2.05) is 37.3 Å². The molecule has 1 atom stereocenters. The van der Waals surface area contributed by atoms with Crippen molar-refractivity contribution in [3.05, 3.63) is 64.1 Å². The Hall–Kier alpha value is -1.65. The van der Waals surface area contributed by atoms with E-state index in [1.165, 1.54) is 5.56 Å². The Labute approximate surface area is 119 Å². The molecule has 0 saturated carbocycles. The van der Waals surface area contributed by atoms with Gasteiger partial charge in [0.1, 0.15) is 17.4 Å². The van der Waals surface area contributed by atoms with Crippen LogP contribution in [0.5, 0.6) is 0 Å². The summed E-state index contributed by atoms with van der Waals surface area (Å²) in [4.78, 5) is 4.05. The molecule has 1 unspecified atom stereocenters. The van der Waals surface area contributed by atoms with Crippen LogP contribution in [0, 0.1) is 6.92 Å². The molecule has 0 amide bonds. The highest BCUT2D eigenvalue weighted by Gasteiger charge is 2.16. The molecule has 0 bridgehead atoms. The summed E-state index contributed by atoms with van der Waals surface area (Å²) < 4.78 is 6.52. The van der Waals surface area contributed by atoms with Gasteiger partial charge in [-0.2, -0.15) is 0 Å². The number of pyridine rings is 1. The van der Waals surface area contributed by atoms with Crippen molar-refractivity contribution in [2.24, 2.45) is 0 Å². The van der Waals surface area contributed by atoms with Gasteiger partial charge in [0.25, 0.3) is 0 Å². The molecule has 0 radical (unpaired) electrons. The smallest absolute Gasteiger partial charge is 0.138 e. The second kappa shape index (κ2) is 4.79. The second-order valence-corrected chi connectivity index (χ2v) is 5.44. The fourth-order valence-electron chi connectivity index (χ4n) is 2.06. The first-order valence-electron chi connectivity index (χ1n) is 5.92. The van der Waals surface area contributed by atoms with Crippen LogP contribution < -0.4 is 0 Å². The van der Waals surface area contributed by atoms with Crippen molar-refractivity contribution in [2.45, 2.75) is 13.0 Å². The van der Waals surface area contributed by atoms with Gasteiger partial charge >= 0.3 is 0 Å². The first kappa shape index (κ1) is 12.4. The molecule has 0 aliphatic rings. The van der Waals surface area contributed by atoms with Gasteiger partial charge in [0, 0.05) is 27.8 Å². The largest absolute Gasteiger partial charge is 0.458 e. The van der Waals surface area contributed by atoms with Gasteiger partial charge in [0.2, 0.25) is 0 Å². The molecule has 0 fully saturated rings. The van der Waals surface area contributed by atoms with Crippen LogP contribution in [0.1, 0.15) is 23.0 Å². The number of aliphatic hydroxyl groups excluding tert-OH is 1. The van der Waals surface area contributed by atoms with Gasteiger partial charge in [-0.25, -0.2) is 0 Å². The molecule has 96 valence electrons. The molecule has 0 spiro atoms. The van der Waals surface area contributed by atoms with Crippen molar-refractivity contribution >= 4 is 26.9 Å². The van der Waals surface area contributed by atoms with Crippen LogP contribution >= 0.6 is 15.9 Å². The van der Waals surface area contributed by atoms with Gasteiger partial charge in [0.05, 0.1) is 0 Å². The Kier molecular flexibility index (Phi) is 3.12. The summed E-state index contributed by atoms with van der Waals surface area (Å²) in [5.74, 6) is 0.528. The predicted molar refractivity (Wildman–Crippen MR) is 76.9 cm³/mol. The number of fused-ring (bicyclic) bond motifs is 1. The number of aryl methyl sites for hydroxylation is 1. The Morgan fingerprint density at radius 2 is 2.05 bits per heavy atom. The summed E-state index contributed by atoms with van der Waals surface area (Å²) in [6.45, 7) is 2.03. The lowest BCUT2D eigenvalue weighted by molar-refractivity contribution is 0.192. The molecule has 1 N–H and O–H groups in total. The number of benzene rings is 1. The maximum atomic E-state index is 10.3. The maximum Gasteiger partial charge on any atom is 0.138 e. The molecule has 3 aromatic rings. The van der Waals surface area contributed by atoms with Crippen LogP contribution in [0.15, 0.2) is 51.6 Å². The van der Waals surface area contributed by atoms with Gasteiger partial charge in [-0.3, -0.25) is 4.98 Å². The van der Waals surface area contributed by atoms with Crippen LogP contribution in [0.2, 0.25) is 0 Å². The number of halogens is 1. The van der Waals surface area contributed by atoms with E-state index in [0.717, 1.165) is 15.4 Å². The van der Waals surface area contributed by atoms with E-state index >= 15 is 0 Å². The number of hydrogen-bond donors (Lipinski definition) is 1. The van der Waals surface area contributed by atoms with Crippen LogP contribution in [-0.4, -0.2) is 10.1 Å². The normalized spacial score (nSPS) is 12.8. The standard InChI is InChI=1S/C15H12BrNO2/c1-9-2-3-13-10(4-9)6-14(19-13)15(18)11-5-12(16)8-17-7-11/h2-8,15,18H,1H3. The monoisotopic (exact) mass is 317 g/mol. The van der Waals surface area contributed by atoms with E-state index in [9.17, 15) is 5.11 Å². The lowest BCUT2D eigenvalue weighted by atomic mass is 10.1. The molecule has 2 aromatic heterocycles. The van der Waals surface area contributed by atoms with Gasteiger partial charge in [-0.05, 0) is 47.1 Å². The van der Waals surface area contributed by atoms with Crippen molar-refractivity contribution in [3.63, 3.8) is 0 Å². The highest BCUT2D eigenvalue weighted by atomic mass is 79.9.